The number of ether oxygens (including phenoxy) is 1. The summed E-state index contributed by atoms with van der Waals surface area (Å²) in [5, 5.41) is 12.8. The van der Waals surface area contributed by atoms with E-state index < -0.39 is 5.54 Å². The van der Waals surface area contributed by atoms with Gasteiger partial charge in [-0.25, -0.2) is 0 Å². The van der Waals surface area contributed by atoms with Crippen molar-refractivity contribution in [3.05, 3.63) is 5.01 Å². The fraction of sp³-hybridized carbons (Fsp3) is 0.769. The molecular formula is C13H21N3O2S2. The number of carbonyl (C=O) groups excluding carboxylic acids is 1. The molecule has 5 nitrogen and oxygen atoms in total. The minimum Gasteiger partial charge on any atom is -0.465 e. The highest BCUT2D eigenvalue weighted by molar-refractivity contribution is 8.01. The molecule has 1 aliphatic carbocycles. The van der Waals surface area contributed by atoms with E-state index in [-0.39, 0.29) is 5.97 Å². The molecule has 2 atom stereocenters. The minimum atomic E-state index is -0.536. The molecule has 1 aromatic rings. The van der Waals surface area contributed by atoms with Crippen molar-refractivity contribution in [2.24, 2.45) is 0 Å². The molecule has 1 N–H and O–H groups in total. The van der Waals surface area contributed by atoms with Gasteiger partial charge in [-0.1, -0.05) is 23.1 Å². The van der Waals surface area contributed by atoms with Gasteiger partial charge in [0.25, 0.3) is 0 Å². The average molecular weight is 315 g/mol. The highest BCUT2D eigenvalue weighted by atomic mass is 32.2. The Hall–Kier alpha value is -0.660. The smallest absolute Gasteiger partial charge is 0.326 e. The van der Waals surface area contributed by atoms with Crippen molar-refractivity contribution in [1.82, 2.24) is 15.5 Å². The largest absolute Gasteiger partial charge is 0.465 e. The maximum atomic E-state index is 12.2. The molecule has 0 amide bonds. The second-order valence-corrected chi connectivity index (χ2v) is 7.70. The van der Waals surface area contributed by atoms with Crippen LogP contribution in [-0.2, 0) is 9.53 Å². The Morgan fingerprint density at radius 3 is 3.00 bits per heavy atom. The van der Waals surface area contributed by atoms with E-state index in [0.29, 0.717) is 11.9 Å². The van der Waals surface area contributed by atoms with Crippen LogP contribution in [0.1, 0.15) is 37.6 Å². The summed E-state index contributed by atoms with van der Waals surface area (Å²) in [6, 6.07) is 0. The topological polar surface area (TPSA) is 64.1 Å². The predicted octanol–water partition coefficient (Wildman–Crippen LogP) is 2.40. The van der Waals surface area contributed by atoms with Crippen LogP contribution in [-0.4, -0.2) is 40.6 Å². The summed E-state index contributed by atoms with van der Waals surface area (Å²) >= 11 is 3.35. The van der Waals surface area contributed by atoms with Crippen LogP contribution in [0.4, 0.5) is 0 Å². The Labute approximate surface area is 127 Å². The number of aromatic nitrogens is 2. The Morgan fingerprint density at radius 2 is 2.40 bits per heavy atom. The lowest BCUT2D eigenvalue weighted by Gasteiger charge is -2.38. The molecule has 20 heavy (non-hydrogen) atoms. The zero-order valence-corrected chi connectivity index (χ0v) is 13.8. The monoisotopic (exact) mass is 315 g/mol. The summed E-state index contributed by atoms with van der Waals surface area (Å²) in [7, 11) is 1.85. The third kappa shape index (κ3) is 3.51. The molecule has 0 aliphatic heterocycles. The number of nitrogens with zero attached hydrogens (tertiary/aromatic N) is 2. The summed E-state index contributed by atoms with van der Waals surface area (Å²) in [6.45, 7) is 4.23. The van der Waals surface area contributed by atoms with Crippen LogP contribution >= 0.6 is 23.1 Å². The molecule has 1 aliphatic rings. The average Bonchev–Trinajstić information content (AvgIpc) is 2.84. The number of likely N-dealkylation sites (N-methyl/N-ethyl adjacent to an activating group) is 1. The number of hydrogen-bond acceptors (Lipinski definition) is 7. The number of nitrogens with one attached hydrogen (secondary N) is 1. The molecule has 1 aromatic heterocycles. The maximum Gasteiger partial charge on any atom is 0.326 e. The molecule has 7 heteroatoms. The zero-order valence-electron chi connectivity index (χ0n) is 12.1. The number of rotatable bonds is 5. The molecule has 1 fully saturated rings. The van der Waals surface area contributed by atoms with Gasteiger partial charge in [0.05, 0.1) is 6.61 Å². The fourth-order valence-electron chi connectivity index (χ4n) is 2.58. The van der Waals surface area contributed by atoms with Gasteiger partial charge in [0, 0.05) is 5.25 Å². The van der Waals surface area contributed by atoms with E-state index >= 15 is 0 Å². The Morgan fingerprint density at radius 1 is 1.60 bits per heavy atom. The van der Waals surface area contributed by atoms with Crippen molar-refractivity contribution in [2.75, 3.05) is 13.7 Å². The van der Waals surface area contributed by atoms with E-state index in [1.165, 1.54) is 0 Å². The van der Waals surface area contributed by atoms with Gasteiger partial charge in [-0.05, 0) is 46.6 Å². The van der Waals surface area contributed by atoms with Crippen LogP contribution in [0.15, 0.2) is 4.34 Å². The number of hydrogen-bond donors (Lipinski definition) is 1. The molecule has 2 unspecified atom stereocenters. The number of aryl methyl sites for hydroxylation is 1. The first-order valence-electron chi connectivity index (χ1n) is 6.92. The number of thioether (sulfide) groups is 1. The van der Waals surface area contributed by atoms with E-state index in [4.69, 9.17) is 4.74 Å². The molecule has 112 valence electrons. The summed E-state index contributed by atoms with van der Waals surface area (Å²) in [6.07, 6.45) is 3.75. The van der Waals surface area contributed by atoms with Crippen molar-refractivity contribution in [3.63, 3.8) is 0 Å². The quantitative estimate of drug-likeness (QED) is 0.842. The van der Waals surface area contributed by atoms with Crippen molar-refractivity contribution in [1.29, 1.82) is 0 Å². The Kier molecular flexibility index (Phi) is 5.40. The first kappa shape index (κ1) is 15.7. The van der Waals surface area contributed by atoms with Crippen molar-refractivity contribution >= 4 is 29.1 Å². The summed E-state index contributed by atoms with van der Waals surface area (Å²) < 4.78 is 6.23. The van der Waals surface area contributed by atoms with Crippen LogP contribution in [0.5, 0.6) is 0 Å². The molecular weight excluding hydrogens is 294 g/mol. The van der Waals surface area contributed by atoms with Crippen LogP contribution in [0.25, 0.3) is 0 Å². The van der Waals surface area contributed by atoms with Crippen molar-refractivity contribution in [3.8, 4) is 0 Å². The van der Waals surface area contributed by atoms with Crippen molar-refractivity contribution in [2.45, 2.75) is 54.7 Å². The first-order chi connectivity index (χ1) is 9.59. The third-order valence-electron chi connectivity index (χ3n) is 3.63. The lowest BCUT2D eigenvalue weighted by Crippen LogP contribution is -2.54. The molecule has 2 rings (SSSR count). The van der Waals surface area contributed by atoms with Gasteiger partial charge in [0.1, 0.15) is 10.5 Å². The van der Waals surface area contributed by atoms with Crippen LogP contribution in [0.2, 0.25) is 0 Å². The van der Waals surface area contributed by atoms with E-state index in [0.717, 1.165) is 35.0 Å². The van der Waals surface area contributed by atoms with Crippen LogP contribution < -0.4 is 5.32 Å². The van der Waals surface area contributed by atoms with Crippen LogP contribution in [0.3, 0.4) is 0 Å². The lowest BCUT2D eigenvalue weighted by molar-refractivity contribution is -0.152. The van der Waals surface area contributed by atoms with Gasteiger partial charge in [-0.3, -0.25) is 4.79 Å². The molecule has 0 radical (unpaired) electrons. The standard InChI is InChI=1S/C13H21N3O2S2/c1-4-18-11(17)13(14-3)7-5-6-10(8-13)20-12-16-15-9(2)19-12/h10,14H,4-8H2,1-3H3. The van der Waals surface area contributed by atoms with Gasteiger partial charge < -0.3 is 10.1 Å². The fourth-order valence-corrected chi connectivity index (χ4v) is 4.98. The van der Waals surface area contributed by atoms with Gasteiger partial charge in [0.15, 0.2) is 4.34 Å². The minimum absolute atomic E-state index is 0.124. The zero-order chi connectivity index (χ0) is 14.6. The Balaban J connectivity index is 2.04. The summed E-state index contributed by atoms with van der Waals surface area (Å²) in [5.74, 6) is -0.124. The SMILES string of the molecule is CCOC(=O)C1(NC)CCCC(Sc2nnc(C)s2)C1. The summed E-state index contributed by atoms with van der Waals surface area (Å²) in [4.78, 5) is 12.2. The van der Waals surface area contributed by atoms with Gasteiger partial charge in [-0.2, -0.15) is 0 Å². The molecule has 0 spiro atoms. The van der Waals surface area contributed by atoms with Gasteiger partial charge >= 0.3 is 5.97 Å². The first-order valence-corrected chi connectivity index (χ1v) is 8.62. The Bertz CT molecular complexity index is 466. The van der Waals surface area contributed by atoms with E-state index in [1.54, 1.807) is 23.1 Å². The highest BCUT2D eigenvalue weighted by Crippen LogP contribution is 2.39. The van der Waals surface area contributed by atoms with E-state index in [2.05, 4.69) is 15.5 Å². The number of carbonyl (C=O) groups is 1. The van der Waals surface area contributed by atoms with E-state index in [9.17, 15) is 4.79 Å². The number of esters is 1. The maximum absolute atomic E-state index is 12.2. The third-order valence-corrected chi connectivity index (χ3v) is 5.82. The van der Waals surface area contributed by atoms with Gasteiger partial charge in [-0.15, -0.1) is 10.2 Å². The highest BCUT2D eigenvalue weighted by Gasteiger charge is 2.43. The molecule has 0 saturated heterocycles. The molecule has 1 heterocycles. The molecule has 1 saturated carbocycles. The second kappa shape index (κ2) is 6.87. The summed E-state index contributed by atoms with van der Waals surface area (Å²) in [5.41, 5.74) is -0.536. The normalized spacial score (nSPS) is 26.4. The van der Waals surface area contributed by atoms with Gasteiger partial charge in [0.2, 0.25) is 0 Å². The molecule has 0 bridgehead atoms. The predicted molar refractivity (Wildman–Crippen MR) is 81.2 cm³/mol. The van der Waals surface area contributed by atoms with Crippen molar-refractivity contribution < 1.29 is 9.53 Å². The lowest BCUT2D eigenvalue weighted by atomic mass is 9.81. The van der Waals surface area contributed by atoms with Crippen LogP contribution in [0, 0.1) is 6.92 Å². The molecule has 0 aromatic carbocycles. The second-order valence-electron chi connectivity index (χ2n) is 4.98. The van der Waals surface area contributed by atoms with E-state index in [1.807, 2.05) is 20.9 Å².